The Morgan fingerprint density at radius 3 is 2.90 bits per heavy atom. The van der Waals surface area contributed by atoms with Gasteiger partial charge in [-0.2, -0.15) is 5.26 Å². The number of aryl methyl sites for hydroxylation is 2. The van der Waals surface area contributed by atoms with Crippen LogP contribution in [0.25, 0.3) is 0 Å². The molecule has 0 amide bonds. The maximum atomic E-state index is 9.40. The van der Waals surface area contributed by atoms with Crippen LogP contribution in [0.1, 0.15) is 48.9 Å². The van der Waals surface area contributed by atoms with Crippen LogP contribution in [0.3, 0.4) is 0 Å². The lowest BCUT2D eigenvalue weighted by molar-refractivity contribution is 0.326. The highest BCUT2D eigenvalue weighted by molar-refractivity contribution is 5.55. The van der Waals surface area contributed by atoms with Gasteiger partial charge in [-0.25, -0.2) is 4.98 Å². The third-order valence-electron chi connectivity index (χ3n) is 5.05. The zero-order chi connectivity index (χ0) is 14.2. The topological polar surface area (TPSA) is 52.0 Å². The normalized spacial score (nSPS) is 25.4. The van der Waals surface area contributed by atoms with Crippen LogP contribution in [0.4, 0.5) is 5.82 Å². The summed E-state index contributed by atoms with van der Waals surface area (Å²) in [7, 11) is 0. The molecular formula is C17H22N4. The van der Waals surface area contributed by atoms with Gasteiger partial charge in [0.15, 0.2) is 0 Å². The van der Waals surface area contributed by atoms with Gasteiger partial charge in [-0.3, -0.25) is 4.90 Å². The molecule has 2 heterocycles. The van der Waals surface area contributed by atoms with Crippen molar-refractivity contribution in [1.29, 1.82) is 5.26 Å². The SMILES string of the molecule is N#Cc1cc2c(nc1NC1CCN(C3CC3)C1)CCCC2. The molecule has 1 aromatic heterocycles. The number of rotatable bonds is 3. The fraction of sp³-hybridized carbons (Fsp3) is 0.647. The van der Waals surface area contributed by atoms with Crippen molar-refractivity contribution >= 4 is 5.82 Å². The van der Waals surface area contributed by atoms with E-state index in [4.69, 9.17) is 4.98 Å². The van der Waals surface area contributed by atoms with E-state index in [9.17, 15) is 5.26 Å². The van der Waals surface area contributed by atoms with Gasteiger partial charge < -0.3 is 5.32 Å². The lowest BCUT2D eigenvalue weighted by atomic mass is 9.95. The minimum atomic E-state index is 0.451. The third kappa shape index (κ3) is 2.63. The first-order valence-electron chi connectivity index (χ1n) is 8.27. The fourth-order valence-electron chi connectivity index (χ4n) is 3.70. The molecule has 1 N–H and O–H groups in total. The predicted molar refractivity (Wildman–Crippen MR) is 82.2 cm³/mol. The van der Waals surface area contributed by atoms with Crippen LogP contribution in [0, 0.1) is 11.3 Å². The molecular weight excluding hydrogens is 260 g/mol. The average Bonchev–Trinajstić information content (AvgIpc) is 3.27. The van der Waals surface area contributed by atoms with Gasteiger partial charge in [-0.15, -0.1) is 0 Å². The van der Waals surface area contributed by atoms with Crippen molar-refractivity contribution in [3.05, 3.63) is 22.9 Å². The standard InChI is InChI=1S/C17H22N4/c18-10-13-9-12-3-1-2-4-16(12)20-17(13)19-14-7-8-21(11-14)15-5-6-15/h9,14-15H,1-8,11H2,(H,19,20). The number of pyridine rings is 1. The summed E-state index contributed by atoms with van der Waals surface area (Å²) >= 11 is 0. The molecule has 0 aromatic carbocycles. The van der Waals surface area contributed by atoms with E-state index in [2.05, 4.69) is 22.4 Å². The Hall–Kier alpha value is -1.60. The zero-order valence-electron chi connectivity index (χ0n) is 12.4. The molecule has 110 valence electrons. The van der Waals surface area contributed by atoms with Gasteiger partial charge in [-0.05, 0) is 56.6 Å². The third-order valence-corrected chi connectivity index (χ3v) is 5.05. The van der Waals surface area contributed by atoms with Gasteiger partial charge in [0.05, 0.1) is 5.56 Å². The van der Waals surface area contributed by atoms with Crippen molar-refractivity contribution in [3.8, 4) is 6.07 Å². The van der Waals surface area contributed by atoms with E-state index in [-0.39, 0.29) is 0 Å². The van der Waals surface area contributed by atoms with Crippen LogP contribution in [-0.2, 0) is 12.8 Å². The summed E-state index contributed by atoms with van der Waals surface area (Å²) < 4.78 is 0. The van der Waals surface area contributed by atoms with E-state index in [1.807, 2.05) is 0 Å². The highest BCUT2D eigenvalue weighted by atomic mass is 15.2. The molecule has 1 aromatic rings. The van der Waals surface area contributed by atoms with Crippen molar-refractivity contribution < 1.29 is 0 Å². The highest BCUT2D eigenvalue weighted by Gasteiger charge is 2.34. The molecule has 1 saturated carbocycles. The summed E-state index contributed by atoms with van der Waals surface area (Å²) in [6.07, 6.45) is 8.50. The summed E-state index contributed by atoms with van der Waals surface area (Å²) in [5.41, 5.74) is 3.22. The van der Waals surface area contributed by atoms with Crippen molar-refractivity contribution in [2.45, 2.75) is 57.0 Å². The highest BCUT2D eigenvalue weighted by Crippen LogP contribution is 2.31. The summed E-state index contributed by atoms with van der Waals surface area (Å²) in [6.45, 7) is 2.30. The quantitative estimate of drug-likeness (QED) is 0.925. The fourth-order valence-corrected chi connectivity index (χ4v) is 3.70. The molecule has 2 fully saturated rings. The van der Waals surface area contributed by atoms with E-state index in [1.165, 1.54) is 49.9 Å². The van der Waals surface area contributed by atoms with Gasteiger partial charge >= 0.3 is 0 Å². The first-order valence-corrected chi connectivity index (χ1v) is 8.27. The summed E-state index contributed by atoms with van der Waals surface area (Å²) in [4.78, 5) is 7.37. The van der Waals surface area contributed by atoms with E-state index < -0.39 is 0 Å². The van der Waals surface area contributed by atoms with Gasteiger partial charge in [0.1, 0.15) is 11.9 Å². The molecule has 3 aliphatic rings. The van der Waals surface area contributed by atoms with Crippen LogP contribution in [-0.4, -0.2) is 35.1 Å². The van der Waals surface area contributed by atoms with Gasteiger partial charge in [0, 0.05) is 30.9 Å². The summed E-state index contributed by atoms with van der Waals surface area (Å²) in [5.74, 6) is 0.820. The minimum absolute atomic E-state index is 0.451. The van der Waals surface area contributed by atoms with E-state index >= 15 is 0 Å². The minimum Gasteiger partial charge on any atom is -0.365 e. The van der Waals surface area contributed by atoms with Crippen LogP contribution < -0.4 is 5.32 Å². The monoisotopic (exact) mass is 282 g/mol. The van der Waals surface area contributed by atoms with E-state index in [0.29, 0.717) is 6.04 Å². The second-order valence-electron chi connectivity index (χ2n) is 6.67. The molecule has 4 heteroatoms. The number of fused-ring (bicyclic) bond motifs is 1. The van der Waals surface area contributed by atoms with E-state index in [0.717, 1.165) is 36.8 Å². The molecule has 21 heavy (non-hydrogen) atoms. The molecule has 1 saturated heterocycles. The summed E-state index contributed by atoms with van der Waals surface area (Å²) in [6, 6.07) is 5.68. The number of nitrogens with one attached hydrogen (secondary N) is 1. The number of hydrogen-bond donors (Lipinski definition) is 1. The number of hydrogen-bond acceptors (Lipinski definition) is 4. The van der Waals surface area contributed by atoms with Crippen molar-refractivity contribution in [1.82, 2.24) is 9.88 Å². The molecule has 4 rings (SSSR count). The Morgan fingerprint density at radius 2 is 2.10 bits per heavy atom. The van der Waals surface area contributed by atoms with Gasteiger partial charge in [0.25, 0.3) is 0 Å². The first-order chi connectivity index (χ1) is 10.3. The molecule has 2 aliphatic carbocycles. The lowest BCUT2D eigenvalue weighted by Gasteiger charge is -2.20. The maximum absolute atomic E-state index is 9.40. The molecule has 0 spiro atoms. The molecule has 1 atom stereocenters. The van der Waals surface area contributed by atoms with Gasteiger partial charge in [0.2, 0.25) is 0 Å². The van der Waals surface area contributed by atoms with Crippen LogP contribution in [0.5, 0.6) is 0 Å². The zero-order valence-corrected chi connectivity index (χ0v) is 12.4. The summed E-state index contributed by atoms with van der Waals surface area (Å²) in [5, 5.41) is 13.0. The Bertz CT molecular complexity index is 585. The molecule has 4 nitrogen and oxygen atoms in total. The smallest absolute Gasteiger partial charge is 0.144 e. The van der Waals surface area contributed by atoms with Crippen LogP contribution in [0.15, 0.2) is 6.07 Å². The largest absolute Gasteiger partial charge is 0.365 e. The van der Waals surface area contributed by atoms with Crippen molar-refractivity contribution in [3.63, 3.8) is 0 Å². The van der Waals surface area contributed by atoms with Crippen LogP contribution in [0.2, 0.25) is 0 Å². The number of anilines is 1. The lowest BCUT2D eigenvalue weighted by Crippen LogP contribution is -2.28. The number of nitrogens with zero attached hydrogens (tertiary/aromatic N) is 3. The van der Waals surface area contributed by atoms with E-state index in [1.54, 1.807) is 0 Å². The predicted octanol–water partition coefficient (Wildman–Crippen LogP) is 2.48. The number of aromatic nitrogens is 1. The number of likely N-dealkylation sites (tertiary alicyclic amines) is 1. The average molecular weight is 282 g/mol. The molecule has 1 unspecified atom stereocenters. The first kappa shape index (κ1) is 13.1. The Morgan fingerprint density at radius 1 is 1.24 bits per heavy atom. The maximum Gasteiger partial charge on any atom is 0.144 e. The number of nitriles is 1. The van der Waals surface area contributed by atoms with Crippen molar-refractivity contribution in [2.75, 3.05) is 18.4 Å². The Balaban J connectivity index is 1.52. The Kier molecular flexibility index (Phi) is 3.31. The van der Waals surface area contributed by atoms with Crippen molar-refractivity contribution in [2.24, 2.45) is 0 Å². The Labute approximate surface area is 126 Å². The second-order valence-corrected chi connectivity index (χ2v) is 6.67. The van der Waals surface area contributed by atoms with Gasteiger partial charge in [-0.1, -0.05) is 0 Å². The molecule has 0 bridgehead atoms. The van der Waals surface area contributed by atoms with Crippen LogP contribution >= 0.6 is 0 Å². The molecule has 0 radical (unpaired) electrons. The second kappa shape index (κ2) is 5.31. The molecule has 1 aliphatic heterocycles.